The van der Waals surface area contributed by atoms with Gasteiger partial charge in [-0.2, -0.15) is 5.10 Å². The van der Waals surface area contributed by atoms with Crippen LogP contribution in [0.3, 0.4) is 0 Å². The van der Waals surface area contributed by atoms with Crippen LogP contribution in [0.4, 0.5) is 5.82 Å². The van der Waals surface area contributed by atoms with Gasteiger partial charge in [0.2, 0.25) is 5.91 Å². The molecule has 3 aromatic heterocycles. The number of rotatable bonds is 3. The first-order chi connectivity index (χ1) is 13.0. The van der Waals surface area contributed by atoms with Gasteiger partial charge in [-0.1, -0.05) is 0 Å². The summed E-state index contributed by atoms with van der Waals surface area (Å²) in [4.78, 5) is 26.8. The Kier molecular flexibility index (Phi) is 4.47. The lowest BCUT2D eigenvalue weighted by Crippen LogP contribution is -2.28. The maximum Gasteiger partial charge on any atom is 0.219 e. The maximum atomic E-state index is 11.7. The monoisotopic (exact) mass is 365 g/mol. The average molecular weight is 365 g/mol. The molecule has 1 amide bonds. The SMILES string of the molecule is CC(=O)N1CCCn2nc(CNc3ncnc4nc(C)cc(C)c34)cc2C1. The average Bonchev–Trinajstić information content (AvgIpc) is 2.89. The summed E-state index contributed by atoms with van der Waals surface area (Å²) in [6, 6.07) is 4.10. The molecule has 3 aromatic rings. The first kappa shape index (κ1) is 17.4. The van der Waals surface area contributed by atoms with Gasteiger partial charge in [0, 0.05) is 25.7 Å². The molecule has 4 rings (SSSR count). The van der Waals surface area contributed by atoms with Crippen LogP contribution in [0.25, 0.3) is 11.0 Å². The number of pyridine rings is 1. The van der Waals surface area contributed by atoms with Crippen LogP contribution < -0.4 is 5.32 Å². The van der Waals surface area contributed by atoms with Gasteiger partial charge >= 0.3 is 0 Å². The van der Waals surface area contributed by atoms with Gasteiger partial charge in [-0.05, 0) is 38.0 Å². The molecule has 4 heterocycles. The highest BCUT2D eigenvalue weighted by Gasteiger charge is 2.18. The molecule has 0 spiro atoms. The summed E-state index contributed by atoms with van der Waals surface area (Å²) in [6.45, 7) is 8.40. The van der Waals surface area contributed by atoms with E-state index in [9.17, 15) is 4.79 Å². The van der Waals surface area contributed by atoms with Gasteiger partial charge in [-0.25, -0.2) is 15.0 Å². The smallest absolute Gasteiger partial charge is 0.219 e. The fourth-order valence-electron chi connectivity index (χ4n) is 3.59. The molecule has 27 heavy (non-hydrogen) atoms. The summed E-state index contributed by atoms with van der Waals surface area (Å²) >= 11 is 0. The van der Waals surface area contributed by atoms with E-state index in [-0.39, 0.29) is 5.91 Å². The highest BCUT2D eigenvalue weighted by Crippen LogP contribution is 2.23. The zero-order valence-electron chi connectivity index (χ0n) is 15.9. The molecule has 1 N–H and O–H groups in total. The molecular weight excluding hydrogens is 342 g/mol. The van der Waals surface area contributed by atoms with Crippen LogP contribution in [-0.4, -0.2) is 42.1 Å². The summed E-state index contributed by atoms with van der Waals surface area (Å²) in [5.74, 6) is 0.869. The predicted octanol–water partition coefficient (Wildman–Crippen LogP) is 2.20. The second kappa shape index (κ2) is 6.94. The molecule has 0 bridgehead atoms. The minimum absolute atomic E-state index is 0.107. The normalized spacial score (nSPS) is 14.1. The highest BCUT2D eigenvalue weighted by molar-refractivity contribution is 5.89. The van der Waals surface area contributed by atoms with Crippen molar-refractivity contribution in [3.05, 3.63) is 41.1 Å². The number of amides is 1. The van der Waals surface area contributed by atoms with Crippen LogP contribution >= 0.6 is 0 Å². The number of carbonyl (C=O) groups excluding carboxylic acids is 1. The van der Waals surface area contributed by atoms with E-state index in [1.165, 1.54) is 6.33 Å². The van der Waals surface area contributed by atoms with Crippen LogP contribution in [0.1, 0.15) is 36.0 Å². The van der Waals surface area contributed by atoms with E-state index >= 15 is 0 Å². The van der Waals surface area contributed by atoms with Crippen molar-refractivity contribution >= 4 is 22.8 Å². The van der Waals surface area contributed by atoms with E-state index in [0.717, 1.165) is 53.4 Å². The van der Waals surface area contributed by atoms with E-state index in [1.807, 2.05) is 29.5 Å². The number of nitrogens with zero attached hydrogens (tertiary/aromatic N) is 6. The van der Waals surface area contributed by atoms with Gasteiger partial charge in [0.15, 0.2) is 5.65 Å². The van der Waals surface area contributed by atoms with Gasteiger partial charge in [-0.3, -0.25) is 9.48 Å². The molecule has 0 atom stereocenters. The second-order valence-electron chi connectivity index (χ2n) is 7.00. The van der Waals surface area contributed by atoms with E-state index in [1.54, 1.807) is 6.92 Å². The Labute approximate surface area is 157 Å². The van der Waals surface area contributed by atoms with Crippen molar-refractivity contribution < 1.29 is 4.79 Å². The first-order valence-corrected chi connectivity index (χ1v) is 9.15. The largest absolute Gasteiger partial charge is 0.364 e. The number of anilines is 1. The maximum absolute atomic E-state index is 11.7. The standard InChI is InChI=1S/C19H23N7O/c1-12-7-13(2)23-19-17(12)18(21-11-22-19)20-9-15-8-16-10-25(14(3)27)5-4-6-26(16)24-15/h7-8,11H,4-6,9-10H2,1-3H3,(H,20,21,22,23). The van der Waals surface area contributed by atoms with E-state index in [2.05, 4.69) is 26.3 Å². The molecule has 0 fully saturated rings. The van der Waals surface area contributed by atoms with Crippen molar-refractivity contribution in [2.75, 3.05) is 11.9 Å². The van der Waals surface area contributed by atoms with Crippen molar-refractivity contribution in [1.82, 2.24) is 29.6 Å². The van der Waals surface area contributed by atoms with Crippen LogP contribution in [0.2, 0.25) is 0 Å². The summed E-state index contributed by atoms with van der Waals surface area (Å²) in [5, 5.41) is 9.01. The van der Waals surface area contributed by atoms with E-state index in [4.69, 9.17) is 5.10 Å². The molecular formula is C19H23N7O. The fraction of sp³-hybridized carbons (Fsp3) is 0.421. The van der Waals surface area contributed by atoms with Gasteiger partial charge < -0.3 is 10.2 Å². The molecule has 0 radical (unpaired) electrons. The van der Waals surface area contributed by atoms with Crippen LogP contribution in [0.15, 0.2) is 18.5 Å². The van der Waals surface area contributed by atoms with Crippen molar-refractivity contribution in [2.24, 2.45) is 0 Å². The number of aromatic nitrogens is 5. The molecule has 1 aliphatic rings. The molecule has 0 saturated carbocycles. The summed E-state index contributed by atoms with van der Waals surface area (Å²) in [7, 11) is 0. The summed E-state index contributed by atoms with van der Waals surface area (Å²) in [5.41, 5.74) is 4.74. The predicted molar refractivity (Wildman–Crippen MR) is 102 cm³/mol. The fourth-order valence-corrected chi connectivity index (χ4v) is 3.59. The number of hydrogen-bond acceptors (Lipinski definition) is 6. The van der Waals surface area contributed by atoms with E-state index < -0.39 is 0 Å². The Balaban J connectivity index is 1.56. The molecule has 140 valence electrons. The topological polar surface area (TPSA) is 88.8 Å². The third-order valence-electron chi connectivity index (χ3n) is 4.88. The lowest BCUT2D eigenvalue weighted by molar-refractivity contribution is -0.129. The van der Waals surface area contributed by atoms with Crippen molar-refractivity contribution in [3.8, 4) is 0 Å². The zero-order chi connectivity index (χ0) is 19.0. The van der Waals surface area contributed by atoms with Gasteiger partial charge in [0.25, 0.3) is 0 Å². The third kappa shape index (κ3) is 3.47. The highest BCUT2D eigenvalue weighted by atomic mass is 16.2. The quantitative estimate of drug-likeness (QED) is 0.765. The number of carbonyl (C=O) groups is 1. The molecule has 0 aromatic carbocycles. The van der Waals surface area contributed by atoms with Crippen LogP contribution in [-0.2, 0) is 24.4 Å². The van der Waals surface area contributed by atoms with Crippen molar-refractivity contribution in [2.45, 2.75) is 46.8 Å². The lowest BCUT2D eigenvalue weighted by Gasteiger charge is -2.17. The molecule has 0 unspecified atom stereocenters. The summed E-state index contributed by atoms with van der Waals surface area (Å²) < 4.78 is 2.01. The lowest BCUT2D eigenvalue weighted by atomic mass is 10.1. The van der Waals surface area contributed by atoms with Crippen molar-refractivity contribution in [1.29, 1.82) is 0 Å². The van der Waals surface area contributed by atoms with E-state index in [0.29, 0.717) is 18.7 Å². The number of aryl methyl sites for hydroxylation is 3. The first-order valence-electron chi connectivity index (χ1n) is 9.15. The molecule has 0 saturated heterocycles. The van der Waals surface area contributed by atoms with Crippen LogP contribution in [0.5, 0.6) is 0 Å². The minimum atomic E-state index is 0.107. The number of nitrogens with one attached hydrogen (secondary N) is 1. The Morgan fingerprint density at radius 1 is 1.22 bits per heavy atom. The molecule has 8 heteroatoms. The summed E-state index contributed by atoms with van der Waals surface area (Å²) in [6.07, 6.45) is 2.45. The molecule has 1 aliphatic heterocycles. The van der Waals surface area contributed by atoms with Crippen molar-refractivity contribution in [3.63, 3.8) is 0 Å². The third-order valence-corrected chi connectivity index (χ3v) is 4.88. The Morgan fingerprint density at radius 3 is 2.89 bits per heavy atom. The van der Waals surface area contributed by atoms with Gasteiger partial charge in [0.1, 0.15) is 12.1 Å². The number of fused-ring (bicyclic) bond motifs is 2. The zero-order valence-corrected chi connectivity index (χ0v) is 15.9. The minimum Gasteiger partial charge on any atom is -0.364 e. The second-order valence-corrected chi connectivity index (χ2v) is 7.00. The molecule has 0 aliphatic carbocycles. The van der Waals surface area contributed by atoms with Crippen LogP contribution in [0, 0.1) is 13.8 Å². The Bertz CT molecular complexity index is 1010. The Morgan fingerprint density at radius 2 is 2.07 bits per heavy atom. The number of hydrogen-bond donors (Lipinski definition) is 1. The molecule has 8 nitrogen and oxygen atoms in total. The van der Waals surface area contributed by atoms with Gasteiger partial charge in [-0.15, -0.1) is 0 Å². The Hall–Kier alpha value is -3.03. The van der Waals surface area contributed by atoms with Gasteiger partial charge in [0.05, 0.1) is 29.9 Å².